The minimum absolute atomic E-state index is 0.324. The van der Waals surface area contributed by atoms with E-state index in [2.05, 4.69) is 11.5 Å². The Kier molecular flexibility index (Phi) is 4.87. The largest absolute Gasteiger partial charge is 0.490 e. The normalized spacial score (nSPS) is 12.1. The number of allylic oxidation sites excluding steroid dienone is 1. The molecule has 1 N–H and O–H groups in total. The van der Waals surface area contributed by atoms with Crippen LogP contribution in [-0.4, -0.2) is 18.0 Å². The van der Waals surface area contributed by atoms with Crippen molar-refractivity contribution in [3.8, 4) is 5.75 Å². The summed E-state index contributed by atoms with van der Waals surface area (Å²) in [5, 5.41) is 8.39. The third kappa shape index (κ3) is 3.73. The zero-order valence-electron chi connectivity index (χ0n) is 8.85. The van der Waals surface area contributed by atoms with Crippen LogP contribution in [-0.2, 0) is 11.3 Å². The van der Waals surface area contributed by atoms with Crippen LogP contribution < -0.4 is 4.74 Å². The standard InChI is InChI=1S/C12H16O3/c1-3-6-11-7-4-5-8-12(11)14-9-10(2)15-13/h3-5,7-8,10,13H,1,6,9H2,2H3. The van der Waals surface area contributed by atoms with Crippen molar-refractivity contribution < 1.29 is 14.9 Å². The van der Waals surface area contributed by atoms with Crippen molar-refractivity contribution >= 4 is 0 Å². The molecule has 0 aromatic heterocycles. The van der Waals surface area contributed by atoms with Gasteiger partial charge in [-0.3, -0.25) is 5.26 Å². The predicted molar refractivity (Wildman–Crippen MR) is 59.0 cm³/mol. The van der Waals surface area contributed by atoms with Crippen molar-refractivity contribution in [3.63, 3.8) is 0 Å². The van der Waals surface area contributed by atoms with Crippen LogP contribution in [0.5, 0.6) is 5.75 Å². The molecule has 15 heavy (non-hydrogen) atoms. The fourth-order valence-corrected chi connectivity index (χ4v) is 1.21. The number of hydrogen-bond acceptors (Lipinski definition) is 3. The molecule has 0 aliphatic heterocycles. The first-order valence-electron chi connectivity index (χ1n) is 4.89. The van der Waals surface area contributed by atoms with Crippen LogP contribution in [0.1, 0.15) is 12.5 Å². The topological polar surface area (TPSA) is 38.7 Å². The van der Waals surface area contributed by atoms with Crippen molar-refractivity contribution in [2.24, 2.45) is 0 Å². The highest BCUT2D eigenvalue weighted by atomic mass is 17.1. The second-order valence-electron chi connectivity index (χ2n) is 3.33. The summed E-state index contributed by atoms with van der Waals surface area (Å²) in [6, 6.07) is 7.74. The average molecular weight is 208 g/mol. The third-order valence-corrected chi connectivity index (χ3v) is 1.99. The Bertz CT molecular complexity index is 309. The lowest BCUT2D eigenvalue weighted by atomic mass is 10.1. The maximum atomic E-state index is 8.39. The van der Waals surface area contributed by atoms with Crippen molar-refractivity contribution in [2.75, 3.05) is 6.61 Å². The van der Waals surface area contributed by atoms with Crippen molar-refractivity contribution in [2.45, 2.75) is 19.4 Å². The van der Waals surface area contributed by atoms with Gasteiger partial charge in [-0.1, -0.05) is 24.3 Å². The molecule has 0 saturated carbocycles. The predicted octanol–water partition coefficient (Wildman–Crippen LogP) is 2.67. The van der Waals surface area contributed by atoms with Crippen molar-refractivity contribution in [1.82, 2.24) is 0 Å². The number of benzene rings is 1. The molecule has 0 aliphatic carbocycles. The third-order valence-electron chi connectivity index (χ3n) is 1.99. The summed E-state index contributed by atoms with van der Waals surface area (Å²) < 4.78 is 5.51. The van der Waals surface area contributed by atoms with E-state index in [1.54, 1.807) is 6.92 Å². The van der Waals surface area contributed by atoms with Gasteiger partial charge in [0.15, 0.2) is 0 Å². The number of para-hydroxylation sites is 1. The summed E-state index contributed by atoms with van der Waals surface area (Å²) in [4.78, 5) is 4.13. The van der Waals surface area contributed by atoms with E-state index in [0.29, 0.717) is 6.61 Å². The molecular formula is C12H16O3. The first kappa shape index (κ1) is 11.8. The Morgan fingerprint density at radius 3 is 2.87 bits per heavy atom. The second-order valence-corrected chi connectivity index (χ2v) is 3.33. The molecule has 1 rings (SSSR count). The molecule has 82 valence electrons. The highest BCUT2D eigenvalue weighted by molar-refractivity contribution is 5.34. The Morgan fingerprint density at radius 1 is 1.47 bits per heavy atom. The average Bonchev–Trinajstić information content (AvgIpc) is 2.28. The van der Waals surface area contributed by atoms with Crippen LogP contribution in [0.15, 0.2) is 36.9 Å². The molecule has 0 bridgehead atoms. The molecule has 0 spiro atoms. The summed E-state index contributed by atoms with van der Waals surface area (Å²) in [5.41, 5.74) is 1.08. The van der Waals surface area contributed by atoms with Gasteiger partial charge in [0.25, 0.3) is 0 Å². The van der Waals surface area contributed by atoms with Gasteiger partial charge in [-0.05, 0) is 25.0 Å². The van der Waals surface area contributed by atoms with Crippen LogP contribution in [0.25, 0.3) is 0 Å². The van der Waals surface area contributed by atoms with Gasteiger partial charge < -0.3 is 4.74 Å². The lowest BCUT2D eigenvalue weighted by molar-refractivity contribution is -0.278. The summed E-state index contributed by atoms with van der Waals surface area (Å²) in [6.07, 6.45) is 2.26. The molecule has 0 aliphatic rings. The molecule has 0 heterocycles. The quantitative estimate of drug-likeness (QED) is 0.444. The first-order valence-corrected chi connectivity index (χ1v) is 4.89. The summed E-state index contributed by atoms with van der Waals surface area (Å²) >= 11 is 0. The van der Waals surface area contributed by atoms with Crippen molar-refractivity contribution in [1.29, 1.82) is 0 Å². The maximum absolute atomic E-state index is 8.39. The summed E-state index contributed by atoms with van der Waals surface area (Å²) in [7, 11) is 0. The van der Waals surface area contributed by atoms with Crippen LogP contribution in [0.2, 0.25) is 0 Å². The highest BCUT2D eigenvalue weighted by Gasteiger charge is 2.05. The van der Waals surface area contributed by atoms with Gasteiger partial charge in [-0.25, -0.2) is 4.89 Å². The Hall–Kier alpha value is -1.32. The van der Waals surface area contributed by atoms with Crippen LogP contribution in [0, 0.1) is 0 Å². The molecule has 1 atom stereocenters. The van der Waals surface area contributed by atoms with E-state index in [-0.39, 0.29) is 6.10 Å². The smallest absolute Gasteiger partial charge is 0.124 e. The van der Waals surface area contributed by atoms with E-state index >= 15 is 0 Å². The molecule has 0 amide bonds. The molecule has 1 aromatic carbocycles. The van der Waals surface area contributed by atoms with Gasteiger partial charge in [-0.15, -0.1) is 6.58 Å². The Balaban J connectivity index is 2.62. The fraction of sp³-hybridized carbons (Fsp3) is 0.333. The van der Waals surface area contributed by atoms with Gasteiger partial charge in [0, 0.05) is 0 Å². The number of ether oxygens (including phenoxy) is 1. The van der Waals surface area contributed by atoms with Gasteiger partial charge in [0.1, 0.15) is 18.5 Å². The van der Waals surface area contributed by atoms with E-state index in [0.717, 1.165) is 17.7 Å². The van der Waals surface area contributed by atoms with Crippen LogP contribution in [0.4, 0.5) is 0 Å². The number of hydrogen-bond donors (Lipinski definition) is 1. The van der Waals surface area contributed by atoms with Gasteiger partial charge in [-0.2, -0.15) is 0 Å². The molecule has 3 nitrogen and oxygen atoms in total. The molecule has 3 heteroatoms. The van der Waals surface area contributed by atoms with Gasteiger partial charge >= 0.3 is 0 Å². The summed E-state index contributed by atoms with van der Waals surface area (Å²) in [6.45, 7) is 5.74. The van der Waals surface area contributed by atoms with Gasteiger partial charge in [0.2, 0.25) is 0 Å². The number of rotatable bonds is 6. The molecule has 1 unspecified atom stereocenters. The van der Waals surface area contributed by atoms with Crippen molar-refractivity contribution in [3.05, 3.63) is 42.5 Å². The highest BCUT2D eigenvalue weighted by Crippen LogP contribution is 2.18. The molecule has 0 saturated heterocycles. The lowest BCUT2D eigenvalue weighted by Crippen LogP contribution is -2.16. The monoisotopic (exact) mass is 208 g/mol. The van der Waals surface area contributed by atoms with Crippen LogP contribution in [0.3, 0.4) is 0 Å². The zero-order chi connectivity index (χ0) is 11.1. The summed E-state index contributed by atoms with van der Waals surface area (Å²) in [5.74, 6) is 0.807. The molecule has 1 aromatic rings. The van der Waals surface area contributed by atoms with E-state index < -0.39 is 0 Å². The van der Waals surface area contributed by atoms with Gasteiger partial charge in [0.05, 0.1) is 0 Å². The minimum Gasteiger partial charge on any atom is -0.490 e. The van der Waals surface area contributed by atoms with E-state index in [1.165, 1.54) is 0 Å². The fourth-order valence-electron chi connectivity index (χ4n) is 1.21. The molecule has 0 radical (unpaired) electrons. The van der Waals surface area contributed by atoms with E-state index in [4.69, 9.17) is 9.99 Å². The van der Waals surface area contributed by atoms with E-state index in [1.807, 2.05) is 30.3 Å². The Morgan fingerprint density at radius 2 is 2.20 bits per heavy atom. The Labute approximate surface area is 89.9 Å². The SMILES string of the molecule is C=CCc1ccccc1OCC(C)OO. The minimum atomic E-state index is -0.332. The lowest BCUT2D eigenvalue weighted by Gasteiger charge is -2.12. The first-order chi connectivity index (χ1) is 7.27. The zero-order valence-corrected chi connectivity index (χ0v) is 8.85. The van der Waals surface area contributed by atoms with Crippen LogP contribution >= 0.6 is 0 Å². The molecule has 0 fully saturated rings. The maximum Gasteiger partial charge on any atom is 0.124 e. The second kappa shape index (κ2) is 6.22. The molecular weight excluding hydrogens is 192 g/mol. The van der Waals surface area contributed by atoms with E-state index in [9.17, 15) is 0 Å².